The second-order valence-corrected chi connectivity index (χ2v) is 5.24. The normalized spacial score (nSPS) is 11.1. The predicted molar refractivity (Wildman–Crippen MR) is 79.9 cm³/mol. The molecule has 0 saturated heterocycles. The maximum atomic E-state index is 5.92. The van der Waals surface area contributed by atoms with Crippen LogP contribution in [0.4, 0.5) is 5.69 Å². The number of hydrogen-bond donors (Lipinski definition) is 1. The number of anilines is 1. The van der Waals surface area contributed by atoms with Gasteiger partial charge >= 0.3 is 0 Å². The summed E-state index contributed by atoms with van der Waals surface area (Å²) in [5.74, 6) is 2.97. The van der Waals surface area contributed by atoms with Crippen molar-refractivity contribution in [3.05, 3.63) is 35.4 Å². The van der Waals surface area contributed by atoms with Gasteiger partial charge in [-0.25, -0.2) is 4.98 Å². The van der Waals surface area contributed by atoms with Gasteiger partial charge in [0.1, 0.15) is 11.6 Å². The summed E-state index contributed by atoms with van der Waals surface area (Å²) in [6.45, 7) is 4.20. The average Bonchev–Trinajstić information content (AvgIpc) is 2.78. The van der Waals surface area contributed by atoms with E-state index in [1.165, 1.54) is 5.56 Å². The number of aromatic nitrogens is 3. The lowest BCUT2D eigenvalue weighted by Crippen LogP contribution is -2.02. The van der Waals surface area contributed by atoms with Crippen molar-refractivity contribution in [2.24, 2.45) is 7.05 Å². The number of ether oxygens (including phenoxy) is 1. The van der Waals surface area contributed by atoms with Gasteiger partial charge in [-0.1, -0.05) is 19.9 Å². The zero-order chi connectivity index (χ0) is 14.7. The van der Waals surface area contributed by atoms with E-state index in [1.54, 1.807) is 7.11 Å². The highest BCUT2D eigenvalue weighted by Crippen LogP contribution is 2.22. The van der Waals surface area contributed by atoms with Crippen LogP contribution in [0.2, 0.25) is 0 Å². The molecule has 0 saturated carbocycles. The zero-order valence-corrected chi connectivity index (χ0v) is 12.6. The summed E-state index contributed by atoms with van der Waals surface area (Å²) < 4.78 is 7.02. The summed E-state index contributed by atoms with van der Waals surface area (Å²) >= 11 is 0. The van der Waals surface area contributed by atoms with Gasteiger partial charge in [0.2, 0.25) is 0 Å². The highest BCUT2D eigenvalue weighted by molar-refractivity contribution is 5.54. The van der Waals surface area contributed by atoms with Crippen LogP contribution in [0.25, 0.3) is 0 Å². The quantitative estimate of drug-likeness (QED) is 0.850. The van der Waals surface area contributed by atoms with E-state index in [9.17, 15) is 0 Å². The molecule has 0 aliphatic rings. The third-order valence-corrected chi connectivity index (χ3v) is 3.32. The van der Waals surface area contributed by atoms with Gasteiger partial charge in [0, 0.05) is 19.4 Å². The van der Waals surface area contributed by atoms with Crippen molar-refractivity contribution >= 4 is 5.69 Å². The Labute approximate surface area is 119 Å². The van der Waals surface area contributed by atoms with E-state index in [0.717, 1.165) is 30.2 Å². The van der Waals surface area contributed by atoms with Crippen LogP contribution in [0.3, 0.4) is 0 Å². The fourth-order valence-corrected chi connectivity index (χ4v) is 2.10. The lowest BCUT2D eigenvalue weighted by molar-refractivity contribution is 0.417. The molecule has 1 aromatic carbocycles. The van der Waals surface area contributed by atoms with Gasteiger partial charge in [0.15, 0.2) is 5.82 Å². The molecule has 108 valence electrons. The van der Waals surface area contributed by atoms with E-state index in [4.69, 9.17) is 10.5 Å². The smallest absolute Gasteiger partial charge is 0.153 e. The van der Waals surface area contributed by atoms with Crippen LogP contribution in [0.1, 0.15) is 37.0 Å². The first kappa shape index (κ1) is 14.4. The number of nitrogens with zero attached hydrogens (tertiary/aromatic N) is 3. The molecule has 0 fully saturated rings. The summed E-state index contributed by atoms with van der Waals surface area (Å²) in [7, 11) is 3.56. The summed E-state index contributed by atoms with van der Waals surface area (Å²) in [6.07, 6.45) is 1.74. The Morgan fingerprint density at radius 1 is 1.30 bits per heavy atom. The number of rotatable bonds is 5. The van der Waals surface area contributed by atoms with Crippen molar-refractivity contribution in [1.82, 2.24) is 14.8 Å². The lowest BCUT2D eigenvalue weighted by Gasteiger charge is -2.07. The van der Waals surface area contributed by atoms with Crippen LogP contribution in [0, 0.1) is 0 Å². The lowest BCUT2D eigenvalue weighted by atomic mass is 10.1. The number of aryl methyl sites for hydroxylation is 3. The van der Waals surface area contributed by atoms with Crippen molar-refractivity contribution in [2.75, 3.05) is 12.8 Å². The highest BCUT2D eigenvalue weighted by atomic mass is 16.5. The minimum atomic E-state index is 0.353. The molecule has 0 aliphatic heterocycles. The molecule has 0 unspecified atom stereocenters. The molecular weight excluding hydrogens is 252 g/mol. The molecule has 20 heavy (non-hydrogen) atoms. The fourth-order valence-electron chi connectivity index (χ4n) is 2.10. The Bertz CT molecular complexity index is 590. The zero-order valence-electron chi connectivity index (χ0n) is 12.6. The summed E-state index contributed by atoms with van der Waals surface area (Å²) in [6, 6.07) is 5.90. The first-order chi connectivity index (χ1) is 9.51. The van der Waals surface area contributed by atoms with E-state index in [0.29, 0.717) is 11.6 Å². The molecule has 2 rings (SSSR count). The van der Waals surface area contributed by atoms with Crippen LogP contribution < -0.4 is 10.5 Å². The van der Waals surface area contributed by atoms with Crippen molar-refractivity contribution in [3.63, 3.8) is 0 Å². The van der Waals surface area contributed by atoms with E-state index < -0.39 is 0 Å². The molecule has 1 aromatic heterocycles. The summed E-state index contributed by atoms with van der Waals surface area (Å²) in [5.41, 5.74) is 7.77. The minimum absolute atomic E-state index is 0.353. The molecule has 0 bridgehead atoms. The molecule has 5 nitrogen and oxygen atoms in total. The topological polar surface area (TPSA) is 66.0 Å². The molecule has 2 aromatic rings. The van der Waals surface area contributed by atoms with Crippen LogP contribution in [-0.4, -0.2) is 21.9 Å². The van der Waals surface area contributed by atoms with Crippen molar-refractivity contribution in [3.8, 4) is 5.75 Å². The standard InChI is InChI=1S/C15H22N4O/c1-10(2)15-17-14(19(3)18-15)8-6-11-5-7-13(20-4)12(16)9-11/h5,7,9-10H,6,8,16H2,1-4H3. The van der Waals surface area contributed by atoms with Gasteiger partial charge < -0.3 is 10.5 Å². The van der Waals surface area contributed by atoms with Gasteiger partial charge in [-0.3, -0.25) is 4.68 Å². The summed E-state index contributed by atoms with van der Waals surface area (Å²) in [4.78, 5) is 4.58. The van der Waals surface area contributed by atoms with E-state index >= 15 is 0 Å². The third-order valence-electron chi connectivity index (χ3n) is 3.32. The Hall–Kier alpha value is -2.04. The van der Waals surface area contributed by atoms with Gasteiger partial charge in [-0.05, 0) is 24.1 Å². The first-order valence-corrected chi connectivity index (χ1v) is 6.83. The second kappa shape index (κ2) is 5.94. The highest BCUT2D eigenvalue weighted by Gasteiger charge is 2.10. The SMILES string of the molecule is COc1ccc(CCc2nc(C(C)C)nn2C)cc1N. The Balaban J connectivity index is 2.07. The van der Waals surface area contributed by atoms with Crippen LogP contribution in [-0.2, 0) is 19.9 Å². The number of hydrogen-bond acceptors (Lipinski definition) is 4. The predicted octanol–water partition coefficient (Wildman–Crippen LogP) is 2.31. The number of nitrogen functional groups attached to an aromatic ring is 1. The third kappa shape index (κ3) is 3.10. The van der Waals surface area contributed by atoms with Gasteiger partial charge in [-0.2, -0.15) is 5.10 Å². The minimum Gasteiger partial charge on any atom is -0.495 e. The van der Waals surface area contributed by atoms with E-state index in [-0.39, 0.29) is 0 Å². The first-order valence-electron chi connectivity index (χ1n) is 6.83. The molecule has 2 N–H and O–H groups in total. The Kier molecular flexibility index (Phi) is 4.27. The van der Waals surface area contributed by atoms with Crippen LogP contribution >= 0.6 is 0 Å². The van der Waals surface area contributed by atoms with E-state index in [1.807, 2.05) is 29.9 Å². The Morgan fingerprint density at radius 2 is 2.05 bits per heavy atom. The van der Waals surface area contributed by atoms with Gasteiger partial charge in [0.05, 0.1) is 12.8 Å². The molecule has 1 heterocycles. The van der Waals surface area contributed by atoms with Gasteiger partial charge in [0.25, 0.3) is 0 Å². The fraction of sp³-hybridized carbons (Fsp3) is 0.467. The Morgan fingerprint density at radius 3 is 2.60 bits per heavy atom. The molecule has 0 spiro atoms. The molecule has 0 aliphatic carbocycles. The largest absolute Gasteiger partial charge is 0.495 e. The van der Waals surface area contributed by atoms with Crippen LogP contribution in [0.5, 0.6) is 5.75 Å². The maximum Gasteiger partial charge on any atom is 0.153 e. The number of benzene rings is 1. The van der Waals surface area contributed by atoms with Crippen LogP contribution in [0.15, 0.2) is 18.2 Å². The van der Waals surface area contributed by atoms with Gasteiger partial charge in [-0.15, -0.1) is 0 Å². The molecule has 0 atom stereocenters. The molecular formula is C15H22N4O. The average molecular weight is 274 g/mol. The number of nitrogens with two attached hydrogens (primary N) is 1. The van der Waals surface area contributed by atoms with Crippen molar-refractivity contribution in [1.29, 1.82) is 0 Å². The molecule has 0 amide bonds. The van der Waals surface area contributed by atoms with E-state index in [2.05, 4.69) is 23.9 Å². The molecule has 5 heteroatoms. The second-order valence-electron chi connectivity index (χ2n) is 5.24. The van der Waals surface area contributed by atoms with Crippen molar-refractivity contribution < 1.29 is 4.74 Å². The molecule has 0 radical (unpaired) electrons. The summed E-state index contributed by atoms with van der Waals surface area (Å²) in [5, 5.41) is 4.43. The number of methoxy groups -OCH3 is 1. The van der Waals surface area contributed by atoms with Crippen molar-refractivity contribution in [2.45, 2.75) is 32.6 Å². The monoisotopic (exact) mass is 274 g/mol. The maximum absolute atomic E-state index is 5.92.